The number of methoxy groups -OCH3 is 1. The van der Waals surface area contributed by atoms with Crippen molar-refractivity contribution in [1.82, 2.24) is 15.1 Å². The van der Waals surface area contributed by atoms with Gasteiger partial charge in [-0.1, -0.05) is 13.8 Å². The van der Waals surface area contributed by atoms with E-state index < -0.39 is 0 Å². The van der Waals surface area contributed by atoms with Crippen LogP contribution in [0.4, 0.5) is 5.82 Å². The summed E-state index contributed by atoms with van der Waals surface area (Å²) in [5, 5.41) is 8.08. The highest BCUT2D eigenvalue weighted by atomic mass is 16.5. The summed E-state index contributed by atoms with van der Waals surface area (Å²) in [6, 6.07) is 0. The predicted octanol–water partition coefficient (Wildman–Crippen LogP) is 1.95. The third-order valence-electron chi connectivity index (χ3n) is 4.56. The van der Waals surface area contributed by atoms with Crippen LogP contribution in [0.3, 0.4) is 0 Å². The largest absolute Gasteiger partial charge is 0.383 e. The Bertz CT molecular complexity index is 455. The number of nitrogens with zero attached hydrogens (tertiary/aromatic N) is 3. The Labute approximate surface area is 128 Å². The standard InChI is InChI=1S/C16H30N4O/c1-12(2)14-6-8-20(11-14)16-15(10-17-7-9-21-5)13(3)18-19(16)4/h12,14,17H,6-11H2,1-5H3. The lowest BCUT2D eigenvalue weighted by molar-refractivity contribution is 0.199. The molecule has 0 bridgehead atoms. The number of aryl methyl sites for hydroxylation is 2. The first-order chi connectivity index (χ1) is 10.0. The van der Waals surface area contributed by atoms with Gasteiger partial charge in [-0.3, -0.25) is 4.68 Å². The molecule has 1 atom stereocenters. The highest BCUT2D eigenvalue weighted by Crippen LogP contribution is 2.31. The highest BCUT2D eigenvalue weighted by Gasteiger charge is 2.28. The first kappa shape index (κ1) is 16.3. The van der Waals surface area contributed by atoms with Gasteiger partial charge in [-0.05, 0) is 25.2 Å². The summed E-state index contributed by atoms with van der Waals surface area (Å²) in [4.78, 5) is 2.51. The van der Waals surface area contributed by atoms with Gasteiger partial charge in [0.15, 0.2) is 0 Å². The van der Waals surface area contributed by atoms with Crippen molar-refractivity contribution >= 4 is 5.82 Å². The van der Waals surface area contributed by atoms with E-state index in [0.717, 1.165) is 50.3 Å². The second kappa shape index (κ2) is 7.27. The Hall–Kier alpha value is -1.07. The normalized spacial score (nSPS) is 19.0. The first-order valence-electron chi connectivity index (χ1n) is 8.01. The van der Waals surface area contributed by atoms with Gasteiger partial charge in [0.2, 0.25) is 0 Å². The summed E-state index contributed by atoms with van der Waals surface area (Å²) in [7, 11) is 3.79. The van der Waals surface area contributed by atoms with Crippen LogP contribution in [0.5, 0.6) is 0 Å². The molecular formula is C16H30N4O. The molecule has 1 aromatic rings. The van der Waals surface area contributed by atoms with E-state index >= 15 is 0 Å². The molecule has 1 aliphatic rings. The van der Waals surface area contributed by atoms with Gasteiger partial charge in [-0.2, -0.15) is 5.10 Å². The van der Waals surface area contributed by atoms with Crippen LogP contribution >= 0.6 is 0 Å². The van der Waals surface area contributed by atoms with Crippen molar-refractivity contribution < 1.29 is 4.74 Å². The van der Waals surface area contributed by atoms with Crippen molar-refractivity contribution in [3.8, 4) is 0 Å². The van der Waals surface area contributed by atoms with Crippen molar-refractivity contribution in [3.05, 3.63) is 11.3 Å². The summed E-state index contributed by atoms with van der Waals surface area (Å²) in [6.45, 7) is 11.5. The van der Waals surface area contributed by atoms with E-state index in [1.165, 1.54) is 17.8 Å². The molecule has 0 spiro atoms. The zero-order chi connectivity index (χ0) is 15.4. The Morgan fingerprint density at radius 3 is 2.81 bits per heavy atom. The van der Waals surface area contributed by atoms with E-state index in [9.17, 15) is 0 Å². The van der Waals surface area contributed by atoms with Crippen LogP contribution in [0.1, 0.15) is 31.5 Å². The van der Waals surface area contributed by atoms with Crippen LogP contribution in [0.25, 0.3) is 0 Å². The first-order valence-corrected chi connectivity index (χ1v) is 8.01. The second-order valence-electron chi connectivity index (χ2n) is 6.42. The SMILES string of the molecule is COCCNCc1c(C)nn(C)c1N1CCC(C(C)C)C1. The lowest BCUT2D eigenvalue weighted by Gasteiger charge is -2.22. The number of rotatable bonds is 7. The maximum atomic E-state index is 5.09. The van der Waals surface area contributed by atoms with Gasteiger partial charge in [0.1, 0.15) is 5.82 Å². The molecule has 2 rings (SSSR count). The lowest BCUT2D eigenvalue weighted by atomic mass is 9.95. The van der Waals surface area contributed by atoms with E-state index in [-0.39, 0.29) is 0 Å². The summed E-state index contributed by atoms with van der Waals surface area (Å²) < 4.78 is 7.14. The van der Waals surface area contributed by atoms with Gasteiger partial charge in [-0.25, -0.2) is 0 Å². The van der Waals surface area contributed by atoms with Gasteiger partial charge >= 0.3 is 0 Å². The molecule has 1 aromatic heterocycles. The topological polar surface area (TPSA) is 42.3 Å². The minimum absolute atomic E-state index is 0.744. The predicted molar refractivity (Wildman–Crippen MR) is 86.7 cm³/mol. The molecule has 1 saturated heterocycles. The van der Waals surface area contributed by atoms with Crippen LogP contribution in [-0.2, 0) is 18.3 Å². The minimum atomic E-state index is 0.744. The van der Waals surface area contributed by atoms with Gasteiger partial charge in [0, 0.05) is 45.9 Å². The average Bonchev–Trinajstić information content (AvgIpc) is 3.00. The van der Waals surface area contributed by atoms with E-state index in [0.29, 0.717) is 0 Å². The molecule has 0 aliphatic carbocycles. The average molecular weight is 294 g/mol. The van der Waals surface area contributed by atoms with E-state index in [1.54, 1.807) is 7.11 Å². The Balaban J connectivity index is 2.08. The smallest absolute Gasteiger partial charge is 0.131 e. The van der Waals surface area contributed by atoms with Crippen LogP contribution in [0.2, 0.25) is 0 Å². The van der Waals surface area contributed by atoms with E-state index in [4.69, 9.17) is 4.74 Å². The summed E-state index contributed by atoms with van der Waals surface area (Å²) in [5.41, 5.74) is 2.46. The van der Waals surface area contributed by atoms with Crippen molar-refractivity contribution in [3.63, 3.8) is 0 Å². The maximum absolute atomic E-state index is 5.09. The number of anilines is 1. The zero-order valence-electron chi connectivity index (χ0n) is 14.1. The highest BCUT2D eigenvalue weighted by molar-refractivity contribution is 5.51. The molecule has 0 radical (unpaired) electrons. The lowest BCUT2D eigenvalue weighted by Crippen LogP contribution is -2.26. The molecule has 0 aromatic carbocycles. The molecule has 5 heteroatoms. The molecule has 1 fully saturated rings. The van der Waals surface area contributed by atoms with Crippen molar-refractivity contribution in [2.45, 2.75) is 33.7 Å². The molecule has 21 heavy (non-hydrogen) atoms. The van der Waals surface area contributed by atoms with Crippen molar-refractivity contribution in [2.75, 3.05) is 38.3 Å². The van der Waals surface area contributed by atoms with Crippen LogP contribution in [-0.4, -0.2) is 43.1 Å². The fourth-order valence-corrected chi connectivity index (χ4v) is 3.20. The number of ether oxygens (including phenoxy) is 1. The van der Waals surface area contributed by atoms with Crippen LogP contribution in [0, 0.1) is 18.8 Å². The number of aromatic nitrogens is 2. The van der Waals surface area contributed by atoms with Gasteiger partial charge in [0.05, 0.1) is 12.3 Å². The van der Waals surface area contributed by atoms with Crippen molar-refractivity contribution in [2.24, 2.45) is 18.9 Å². The molecule has 1 N–H and O–H groups in total. The fraction of sp³-hybridized carbons (Fsp3) is 0.812. The number of hydrogen-bond donors (Lipinski definition) is 1. The van der Waals surface area contributed by atoms with Gasteiger partial charge < -0.3 is 15.0 Å². The summed E-state index contributed by atoms with van der Waals surface area (Å²) >= 11 is 0. The Morgan fingerprint density at radius 1 is 1.43 bits per heavy atom. The van der Waals surface area contributed by atoms with Gasteiger partial charge in [0.25, 0.3) is 0 Å². The molecule has 1 unspecified atom stereocenters. The third-order valence-corrected chi connectivity index (χ3v) is 4.56. The van der Waals surface area contributed by atoms with E-state index in [1.807, 2.05) is 4.68 Å². The maximum Gasteiger partial charge on any atom is 0.131 e. The monoisotopic (exact) mass is 294 g/mol. The summed E-state index contributed by atoms with van der Waals surface area (Å²) in [5.74, 6) is 2.85. The molecule has 1 aliphatic heterocycles. The van der Waals surface area contributed by atoms with Crippen LogP contribution in [0.15, 0.2) is 0 Å². The molecular weight excluding hydrogens is 264 g/mol. The van der Waals surface area contributed by atoms with E-state index in [2.05, 4.69) is 43.1 Å². The molecule has 0 saturated carbocycles. The van der Waals surface area contributed by atoms with Crippen molar-refractivity contribution in [1.29, 1.82) is 0 Å². The molecule has 120 valence electrons. The summed E-state index contributed by atoms with van der Waals surface area (Å²) in [6.07, 6.45) is 1.29. The molecule has 0 amide bonds. The van der Waals surface area contributed by atoms with Gasteiger partial charge in [-0.15, -0.1) is 0 Å². The number of hydrogen-bond acceptors (Lipinski definition) is 4. The van der Waals surface area contributed by atoms with Crippen LogP contribution < -0.4 is 10.2 Å². The third kappa shape index (κ3) is 3.77. The minimum Gasteiger partial charge on any atom is -0.383 e. The zero-order valence-corrected chi connectivity index (χ0v) is 14.1. The number of nitrogens with one attached hydrogen (secondary N) is 1. The Kier molecular flexibility index (Phi) is 5.65. The Morgan fingerprint density at radius 2 is 2.19 bits per heavy atom. The molecule has 2 heterocycles. The quantitative estimate of drug-likeness (QED) is 0.781. The fourth-order valence-electron chi connectivity index (χ4n) is 3.20. The second-order valence-corrected chi connectivity index (χ2v) is 6.42. The molecule has 5 nitrogen and oxygen atoms in total.